The summed E-state index contributed by atoms with van der Waals surface area (Å²) in [6.07, 6.45) is -0.711. The Kier molecular flexibility index (Phi) is 8.15. The van der Waals surface area contributed by atoms with E-state index in [1.165, 1.54) is 23.2 Å². The molecule has 0 aliphatic rings. The van der Waals surface area contributed by atoms with E-state index in [9.17, 15) is 14.0 Å². The number of hydrazine groups is 1. The fourth-order valence-electron chi connectivity index (χ4n) is 2.50. The largest absolute Gasteiger partial charge is 0.444 e. The van der Waals surface area contributed by atoms with Crippen LogP contribution in [0.1, 0.15) is 56.8 Å². The number of carbonyl (C=O) groups excluding carboxylic acids is 2. The molecule has 0 radical (unpaired) electrons. The van der Waals surface area contributed by atoms with Crippen molar-refractivity contribution in [2.45, 2.75) is 59.2 Å². The number of hydrogen-bond donors (Lipinski definition) is 1. The second-order valence-electron chi connectivity index (χ2n) is 9.06. The van der Waals surface area contributed by atoms with Crippen molar-refractivity contribution in [1.82, 2.24) is 15.0 Å². The molecule has 2 amide bonds. The lowest BCUT2D eigenvalue weighted by atomic mass is 10.1. The SMILES string of the molecule is CN(N(Cc1cc(F)ccc1Cl)C(=O)c1sc(NC(=O)OC(C)(C)C)nc1Cl)C(C)(C)C. The van der Waals surface area contributed by atoms with Crippen molar-refractivity contribution in [3.8, 4) is 0 Å². The molecule has 0 aliphatic carbocycles. The summed E-state index contributed by atoms with van der Waals surface area (Å²) in [6.45, 7) is 11.0. The van der Waals surface area contributed by atoms with Crippen LogP contribution in [0.5, 0.6) is 0 Å². The predicted molar refractivity (Wildman–Crippen MR) is 126 cm³/mol. The minimum atomic E-state index is -0.711. The van der Waals surface area contributed by atoms with Gasteiger partial charge in [-0.25, -0.2) is 19.2 Å². The van der Waals surface area contributed by atoms with Crippen molar-refractivity contribution in [3.63, 3.8) is 0 Å². The molecule has 1 aromatic heterocycles. The van der Waals surface area contributed by atoms with Crippen molar-refractivity contribution in [3.05, 3.63) is 44.6 Å². The highest BCUT2D eigenvalue weighted by Crippen LogP contribution is 2.31. The molecular weight excluding hydrogens is 478 g/mol. The number of benzene rings is 1. The molecule has 0 saturated carbocycles. The van der Waals surface area contributed by atoms with Crippen LogP contribution in [0.2, 0.25) is 10.2 Å². The Morgan fingerprint density at radius 3 is 2.38 bits per heavy atom. The minimum absolute atomic E-state index is 0.00620. The molecule has 0 saturated heterocycles. The molecule has 176 valence electrons. The first kappa shape index (κ1) is 26.3. The van der Waals surface area contributed by atoms with E-state index in [1.807, 2.05) is 20.8 Å². The van der Waals surface area contributed by atoms with E-state index in [4.69, 9.17) is 27.9 Å². The number of halogens is 3. The van der Waals surface area contributed by atoms with Gasteiger partial charge in [-0.2, -0.15) is 0 Å². The number of thiazole rings is 1. The predicted octanol–water partition coefficient (Wildman–Crippen LogP) is 6.22. The second-order valence-corrected chi connectivity index (χ2v) is 10.8. The number of rotatable bonds is 5. The lowest BCUT2D eigenvalue weighted by Crippen LogP contribution is -2.52. The van der Waals surface area contributed by atoms with Crippen molar-refractivity contribution < 1.29 is 18.7 Å². The maximum absolute atomic E-state index is 13.8. The zero-order chi connectivity index (χ0) is 24.4. The van der Waals surface area contributed by atoms with Gasteiger partial charge in [0.05, 0.1) is 6.54 Å². The van der Waals surface area contributed by atoms with Gasteiger partial charge in [0, 0.05) is 17.6 Å². The van der Waals surface area contributed by atoms with Crippen LogP contribution in [0, 0.1) is 5.82 Å². The number of carbonyl (C=O) groups is 2. The van der Waals surface area contributed by atoms with Crippen molar-refractivity contribution in [2.24, 2.45) is 0 Å². The lowest BCUT2D eigenvalue weighted by Gasteiger charge is -2.41. The zero-order valence-corrected chi connectivity index (χ0v) is 21.4. The summed E-state index contributed by atoms with van der Waals surface area (Å²) in [5.74, 6) is -0.933. The van der Waals surface area contributed by atoms with Gasteiger partial charge in [0.2, 0.25) is 0 Å². The highest BCUT2D eigenvalue weighted by Gasteiger charge is 2.32. The first-order valence-corrected chi connectivity index (χ1v) is 11.3. The number of ether oxygens (including phenoxy) is 1. The van der Waals surface area contributed by atoms with E-state index < -0.39 is 29.0 Å². The fraction of sp³-hybridized carbons (Fsp3) is 0.476. The number of nitrogens with one attached hydrogen (secondary N) is 1. The van der Waals surface area contributed by atoms with E-state index in [-0.39, 0.29) is 21.7 Å². The van der Waals surface area contributed by atoms with Gasteiger partial charge >= 0.3 is 6.09 Å². The summed E-state index contributed by atoms with van der Waals surface area (Å²) in [6, 6.07) is 3.97. The van der Waals surface area contributed by atoms with Crippen molar-refractivity contribution in [1.29, 1.82) is 0 Å². The maximum atomic E-state index is 13.8. The molecule has 1 heterocycles. The van der Waals surface area contributed by atoms with Gasteiger partial charge in [0.1, 0.15) is 16.3 Å². The average Bonchev–Trinajstić information content (AvgIpc) is 2.98. The zero-order valence-electron chi connectivity index (χ0n) is 19.0. The molecule has 0 atom stereocenters. The molecule has 11 heteroatoms. The molecule has 0 fully saturated rings. The smallest absolute Gasteiger partial charge is 0.413 e. The fourth-order valence-corrected chi connectivity index (χ4v) is 3.79. The summed E-state index contributed by atoms with van der Waals surface area (Å²) in [4.78, 5) is 29.7. The van der Waals surface area contributed by atoms with Crippen molar-refractivity contribution >= 4 is 51.7 Å². The molecule has 2 aromatic rings. The Morgan fingerprint density at radius 2 is 1.81 bits per heavy atom. The maximum Gasteiger partial charge on any atom is 0.413 e. The van der Waals surface area contributed by atoms with Gasteiger partial charge in [-0.05, 0) is 65.3 Å². The summed E-state index contributed by atoms with van der Waals surface area (Å²) >= 11 is 13.4. The molecule has 1 N–H and O–H groups in total. The highest BCUT2D eigenvalue weighted by atomic mass is 35.5. The molecule has 0 spiro atoms. The Labute approximate surface area is 201 Å². The van der Waals surface area contributed by atoms with Gasteiger partial charge in [0.15, 0.2) is 10.3 Å². The first-order valence-electron chi connectivity index (χ1n) is 9.74. The Balaban J connectivity index is 2.36. The molecule has 32 heavy (non-hydrogen) atoms. The van der Waals surface area contributed by atoms with Gasteiger partial charge in [-0.3, -0.25) is 15.1 Å². The van der Waals surface area contributed by atoms with Crippen LogP contribution in [0.4, 0.5) is 14.3 Å². The molecule has 2 rings (SSSR count). The van der Waals surface area contributed by atoms with Crippen LogP contribution in [0.15, 0.2) is 18.2 Å². The van der Waals surface area contributed by atoms with Crippen LogP contribution in [0.25, 0.3) is 0 Å². The summed E-state index contributed by atoms with van der Waals surface area (Å²) in [5, 5.41) is 6.00. The third kappa shape index (κ3) is 7.03. The van der Waals surface area contributed by atoms with E-state index in [2.05, 4.69) is 10.3 Å². The lowest BCUT2D eigenvalue weighted by molar-refractivity contribution is -0.0502. The Bertz CT molecular complexity index is 1000. The molecule has 0 bridgehead atoms. The average molecular weight is 505 g/mol. The summed E-state index contributed by atoms with van der Waals surface area (Å²) in [7, 11) is 1.74. The first-order chi connectivity index (χ1) is 14.6. The second kappa shape index (κ2) is 9.91. The minimum Gasteiger partial charge on any atom is -0.444 e. The molecule has 7 nitrogen and oxygen atoms in total. The van der Waals surface area contributed by atoms with E-state index >= 15 is 0 Å². The van der Waals surface area contributed by atoms with Crippen LogP contribution in [0.3, 0.4) is 0 Å². The van der Waals surface area contributed by atoms with Crippen LogP contribution >= 0.6 is 34.5 Å². The van der Waals surface area contributed by atoms with E-state index in [0.29, 0.717) is 10.6 Å². The van der Waals surface area contributed by atoms with Crippen LogP contribution in [-0.2, 0) is 11.3 Å². The molecule has 0 aliphatic heterocycles. The normalized spacial score (nSPS) is 12.1. The number of hydrogen-bond acceptors (Lipinski definition) is 6. The Morgan fingerprint density at radius 1 is 1.19 bits per heavy atom. The summed E-state index contributed by atoms with van der Waals surface area (Å²) in [5.41, 5.74) is -0.714. The monoisotopic (exact) mass is 504 g/mol. The van der Waals surface area contributed by atoms with Gasteiger partial charge in [-0.1, -0.05) is 34.5 Å². The van der Waals surface area contributed by atoms with Gasteiger partial charge in [0.25, 0.3) is 5.91 Å². The quantitative estimate of drug-likeness (QED) is 0.488. The third-order valence-electron chi connectivity index (χ3n) is 4.28. The summed E-state index contributed by atoms with van der Waals surface area (Å²) < 4.78 is 19.0. The number of anilines is 1. The van der Waals surface area contributed by atoms with Crippen LogP contribution in [-0.4, -0.2) is 45.2 Å². The highest BCUT2D eigenvalue weighted by molar-refractivity contribution is 7.18. The van der Waals surface area contributed by atoms with E-state index in [1.54, 1.807) is 32.8 Å². The van der Waals surface area contributed by atoms with Crippen molar-refractivity contribution in [2.75, 3.05) is 12.4 Å². The van der Waals surface area contributed by atoms with E-state index in [0.717, 1.165) is 11.3 Å². The standard InChI is InChI=1S/C21H27Cl2FN4O3S/c1-20(2,3)27(7)28(11-12-10-13(24)8-9-14(12)22)17(29)15-16(23)25-18(32-15)26-19(30)31-21(4,5)6/h8-10H,11H2,1-7H3,(H,25,26,30). The molecule has 0 unspecified atom stereocenters. The third-order valence-corrected chi connectivity index (χ3v) is 6.00. The van der Waals surface area contributed by atoms with Gasteiger partial charge in [-0.15, -0.1) is 0 Å². The number of nitrogens with zero attached hydrogens (tertiary/aromatic N) is 3. The Hall–Kier alpha value is -1.94. The molecule has 1 aromatic carbocycles. The van der Waals surface area contributed by atoms with Crippen LogP contribution < -0.4 is 5.32 Å². The van der Waals surface area contributed by atoms with Gasteiger partial charge < -0.3 is 4.74 Å². The number of aromatic nitrogens is 1. The topological polar surface area (TPSA) is 74.8 Å². The molecular formula is C21H27Cl2FN4O3S. The number of amides is 2.